The quantitative estimate of drug-likeness (QED) is 0.737. The van der Waals surface area contributed by atoms with Gasteiger partial charge in [0.05, 0.1) is 12.7 Å². The second-order valence-electron chi connectivity index (χ2n) is 3.54. The number of hydrogen-bond donors (Lipinski definition) is 2. The van der Waals surface area contributed by atoms with Crippen molar-refractivity contribution in [3.8, 4) is 6.01 Å². The van der Waals surface area contributed by atoms with Gasteiger partial charge in [0.2, 0.25) is 5.95 Å². The lowest BCUT2D eigenvalue weighted by atomic mass is 10.5. The Morgan fingerprint density at radius 3 is 2.56 bits per heavy atom. The number of thioether (sulfide) groups is 1. The van der Waals surface area contributed by atoms with E-state index in [4.69, 9.17) is 15.6 Å². The molecule has 0 aliphatic heterocycles. The summed E-state index contributed by atoms with van der Waals surface area (Å²) in [5.74, 6) is 0.123. The summed E-state index contributed by atoms with van der Waals surface area (Å²) in [5, 5.41) is 9.40. The van der Waals surface area contributed by atoms with Gasteiger partial charge >= 0.3 is 6.01 Å². The molecule has 0 amide bonds. The molecule has 1 aromatic heterocycles. The molecular formula is C9H16N4O2S. The van der Waals surface area contributed by atoms with E-state index in [1.54, 1.807) is 0 Å². The molecule has 3 N–H and O–H groups in total. The molecule has 0 radical (unpaired) electrons. The van der Waals surface area contributed by atoms with E-state index in [1.807, 2.05) is 20.8 Å². The number of rotatable bonds is 5. The van der Waals surface area contributed by atoms with Crippen LogP contribution in [0.1, 0.15) is 20.8 Å². The molecule has 0 aromatic carbocycles. The number of aromatic nitrogens is 3. The zero-order valence-corrected chi connectivity index (χ0v) is 10.4. The van der Waals surface area contributed by atoms with Gasteiger partial charge in [-0.3, -0.25) is 0 Å². The van der Waals surface area contributed by atoms with Crippen LogP contribution in [0.3, 0.4) is 0 Å². The fourth-order valence-corrected chi connectivity index (χ4v) is 1.60. The van der Waals surface area contributed by atoms with Crippen LogP contribution in [-0.2, 0) is 0 Å². The molecule has 16 heavy (non-hydrogen) atoms. The Kier molecular flexibility index (Phi) is 4.75. The van der Waals surface area contributed by atoms with E-state index in [1.165, 1.54) is 11.8 Å². The predicted octanol–water partition coefficient (Wildman–Crippen LogP) is 0.714. The van der Waals surface area contributed by atoms with Gasteiger partial charge in [-0.2, -0.15) is 15.0 Å². The van der Waals surface area contributed by atoms with Crippen LogP contribution in [0.5, 0.6) is 6.01 Å². The van der Waals surface area contributed by atoms with E-state index in [2.05, 4.69) is 15.0 Å². The lowest BCUT2D eigenvalue weighted by Gasteiger charge is -2.10. The molecular weight excluding hydrogens is 228 g/mol. The number of aliphatic hydroxyl groups is 1. The zero-order chi connectivity index (χ0) is 12.1. The van der Waals surface area contributed by atoms with Crippen molar-refractivity contribution in [2.24, 2.45) is 0 Å². The molecule has 90 valence electrons. The normalized spacial score (nSPS) is 12.8. The van der Waals surface area contributed by atoms with Gasteiger partial charge in [0, 0.05) is 5.25 Å². The monoisotopic (exact) mass is 244 g/mol. The van der Waals surface area contributed by atoms with Crippen LogP contribution in [0, 0.1) is 0 Å². The van der Waals surface area contributed by atoms with E-state index in [0.717, 1.165) is 0 Å². The standard InChI is InChI=1S/C9H16N4O2S/c1-5(2)15-8-11-7(10)12-9(13-8)16-6(3)4-14/h5-6,14H,4H2,1-3H3,(H2,10,11,12,13). The first-order valence-corrected chi connectivity index (χ1v) is 5.85. The SMILES string of the molecule is CC(C)Oc1nc(N)nc(SC(C)CO)n1. The highest BCUT2D eigenvalue weighted by atomic mass is 32.2. The lowest BCUT2D eigenvalue weighted by Crippen LogP contribution is -2.12. The molecule has 0 bridgehead atoms. The summed E-state index contributed by atoms with van der Waals surface area (Å²) >= 11 is 1.33. The molecule has 0 aliphatic rings. The average molecular weight is 244 g/mol. The molecule has 1 atom stereocenters. The van der Waals surface area contributed by atoms with E-state index in [-0.39, 0.29) is 29.9 Å². The van der Waals surface area contributed by atoms with Crippen LogP contribution in [0.2, 0.25) is 0 Å². The fraction of sp³-hybridized carbons (Fsp3) is 0.667. The van der Waals surface area contributed by atoms with Gasteiger partial charge in [0.25, 0.3) is 0 Å². The maximum absolute atomic E-state index is 8.93. The van der Waals surface area contributed by atoms with Crippen molar-refractivity contribution in [3.63, 3.8) is 0 Å². The minimum atomic E-state index is -0.0186. The zero-order valence-electron chi connectivity index (χ0n) is 9.54. The molecule has 1 aromatic rings. The van der Waals surface area contributed by atoms with Gasteiger partial charge in [-0.25, -0.2) is 0 Å². The molecule has 6 nitrogen and oxygen atoms in total. The number of aliphatic hydroxyl groups excluding tert-OH is 1. The number of hydrogen-bond acceptors (Lipinski definition) is 7. The van der Waals surface area contributed by atoms with Crippen LogP contribution in [0.25, 0.3) is 0 Å². The summed E-state index contributed by atoms with van der Waals surface area (Å²) in [7, 11) is 0. The third-order valence-corrected chi connectivity index (χ3v) is 2.46. The Labute approximate surface area is 98.7 Å². The molecule has 0 fully saturated rings. The summed E-state index contributed by atoms with van der Waals surface area (Å²) in [5.41, 5.74) is 5.53. The summed E-state index contributed by atoms with van der Waals surface area (Å²) < 4.78 is 5.33. The lowest BCUT2D eigenvalue weighted by molar-refractivity contribution is 0.219. The number of nitrogens with two attached hydrogens (primary N) is 1. The summed E-state index contributed by atoms with van der Waals surface area (Å²) in [6.45, 7) is 5.68. The summed E-state index contributed by atoms with van der Waals surface area (Å²) in [4.78, 5) is 11.9. The van der Waals surface area contributed by atoms with Crippen molar-refractivity contribution in [2.75, 3.05) is 12.3 Å². The number of nitrogen functional groups attached to an aromatic ring is 1. The largest absolute Gasteiger partial charge is 0.461 e. The van der Waals surface area contributed by atoms with Gasteiger partial charge in [0.1, 0.15) is 0 Å². The Hall–Kier alpha value is -1.08. The minimum absolute atomic E-state index is 0.00806. The molecule has 0 saturated carbocycles. The molecule has 0 saturated heterocycles. The predicted molar refractivity (Wildman–Crippen MR) is 62.4 cm³/mol. The van der Waals surface area contributed by atoms with E-state index >= 15 is 0 Å². The van der Waals surface area contributed by atoms with Gasteiger partial charge in [-0.1, -0.05) is 18.7 Å². The molecule has 0 aliphatic carbocycles. The Balaban J connectivity index is 2.81. The molecule has 0 spiro atoms. The molecule has 1 unspecified atom stereocenters. The summed E-state index contributed by atoms with van der Waals surface area (Å²) in [6.07, 6.45) is -0.0186. The maximum atomic E-state index is 8.93. The number of nitrogens with zero attached hydrogens (tertiary/aromatic N) is 3. The minimum Gasteiger partial charge on any atom is -0.461 e. The molecule has 1 heterocycles. The highest BCUT2D eigenvalue weighted by Crippen LogP contribution is 2.21. The molecule has 7 heteroatoms. The van der Waals surface area contributed by atoms with E-state index in [0.29, 0.717) is 5.16 Å². The second kappa shape index (κ2) is 5.86. The number of ether oxygens (including phenoxy) is 1. The topological polar surface area (TPSA) is 94.2 Å². The van der Waals surface area contributed by atoms with Crippen molar-refractivity contribution in [2.45, 2.75) is 37.3 Å². The van der Waals surface area contributed by atoms with Crippen molar-refractivity contribution in [1.29, 1.82) is 0 Å². The number of anilines is 1. The van der Waals surface area contributed by atoms with Crippen LogP contribution in [0.15, 0.2) is 5.16 Å². The van der Waals surface area contributed by atoms with Gasteiger partial charge in [-0.05, 0) is 13.8 Å². The molecule has 1 rings (SSSR count). The first-order chi connectivity index (χ1) is 7.51. The van der Waals surface area contributed by atoms with E-state index < -0.39 is 0 Å². The third-order valence-electron chi connectivity index (χ3n) is 1.52. The van der Waals surface area contributed by atoms with Crippen molar-refractivity contribution >= 4 is 17.7 Å². The Bertz CT molecular complexity index is 348. The van der Waals surface area contributed by atoms with Crippen LogP contribution >= 0.6 is 11.8 Å². The van der Waals surface area contributed by atoms with Crippen molar-refractivity contribution in [1.82, 2.24) is 15.0 Å². The van der Waals surface area contributed by atoms with Gasteiger partial charge in [-0.15, -0.1) is 0 Å². The van der Waals surface area contributed by atoms with Gasteiger partial charge < -0.3 is 15.6 Å². The van der Waals surface area contributed by atoms with Crippen molar-refractivity contribution in [3.05, 3.63) is 0 Å². The van der Waals surface area contributed by atoms with Crippen LogP contribution in [-0.4, -0.2) is 38.0 Å². The summed E-state index contributed by atoms with van der Waals surface area (Å²) in [6, 6.07) is 0.218. The smallest absolute Gasteiger partial charge is 0.322 e. The first-order valence-electron chi connectivity index (χ1n) is 4.97. The van der Waals surface area contributed by atoms with Crippen LogP contribution in [0.4, 0.5) is 5.95 Å². The maximum Gasteiger partial charge on any atom is 0.322 e. The Morgan fingerprint density at radius 2 is 2.00 bits per heavy atom. The van der Waals surface area contributed by atoms with E-state index in [9.17, 15) is 0 Å². The average Bonchev–Trinajstić information content (AvgIpc) is 2.15. The highest BCUT2D eigenvalue weighted by Gasteiger charge is 2.10. The second-order valence-corrected chi connectivity index (χ2v) is 4.94. The van der Waals surface area contributed by atoms with Crippen molar-refractivity contribution < 1.29 is 9.84 Å². The highest BCUT2D eigenvalue weighted by molar-refractivity contribution is 7.99. The first kappa shape index (κ1) is 13.0. The van der Waals surface area contributed by atoms with Gasteiger partial charge in [0.15, 0.2) is 5.16 Å². The van der Waals surface area contributed by atoms with Crippen LogP contribution < -0.4 is 10.5 Å². The third kappa shape index (κ3) is 4.19. The Morgan fingerprint density at radius 1 is 1.31 bits per heavy atom. The fourth-order valence-electron chi connectivity index (χ4n) is 0.886.